The van der Waals surface area contributed by atoms with Gasteiger partial charge in [-0.3, -0.25) is 4.79 Å². The lowest BCUT2D eigenvalue weighted by atomic mass is 10.00. The highest BCUT2D eigenvalue weighted by Gasteiger charge is 2.37. The van der Waals surface area contributed by atoms with E-state index in [4.69, 9.17) is 4.74 Å². The van der Waals surface area contributed by atoms with Crippen molar-refractivity contribution >= 4 is 10.9 Å². The molecule has 0 spiro atoms. The first-order valence-corrected chi connectivity index (χ1v) is 11.0. The van der Waals surface area contributed by atoms with Gasteiger partial charge in [-0.1, -0.05) is 25.0 Å². The van der Waals surface area contributed by atoms with E-state index in [9.17, 15) is 4.79 Å². The van der Waals surface area contributed by atoms with E-state index in [0.717, 1.165) is 53.8 Å². The molecule has 1 saturated carbocycles. The number of hydrogen-bond acceptors (Lipinski definition) is 5. The fourth-order valence-corrected chi connectivity index (χ4v) is 5.02. The van der Waals surface area contributed by atoms with Crippen molar-refractivity contribution in [1.82, 2.24) is 25.2 Å². The molecule has 0 bridgehead atoms. The van der Waals surface area contributed by atoms with Gasteiger partial charge in [0.05, 0.1) is 30.3 Å². The van der Waals surface area contributed by atoms with Gasteiger partial charge in [-0.15, -0.1) is 5.10 Å². The molecule has 158 valence electrons. The largest absolute Gasteiger partial charge is 0.370 e. The summed E-state index contributed by atoms with van der Waals surface area (Å²) in [5.74, 6) is 0.799. The smallest absolute Gasteiger partial charge is 0.258 e. The second kappa shape index (κ2) is 7.92. The lowest BCUT2D eigenvalue weighted by Crippen LogP contribution is -3.14. The number of quaternary nitrogens is 1. The number of morpholine rings is 1. The summed E-state index contributed by atoms with van der Waals surface area (Å²) in [7, 11) is 0. The minimum atomic E-state index is -0.209. The minimum Gasteiger partial charge on any atom is -0.370 e. The first-order chi connectivity index (χ1) is 14.6. The summed E-state index contributed by atoms with van der Waals surface area (Å²) >= 11 is 0. The topological polar surface area (TPSA) is 90.1 Å². The molecule has 1 aliphatic heterocycles. The molecule has 1 saturated heterocycles. The summed E-state index contributed by atoms with van der Waals surface area (Å²) < 4.78 is 7.59. The maximum atomic E-state index is 13.3. The van der Waals surface area contributed by atoms with Crippen LogP contribution in [0, 0.1) is 13.8 Å². The van der Waals surface area contributed by atoms with Crippen LogP contribution in [0.2, 0.25) is 0 Å². The molecule has 0 unspecified atom stereocenters. The molecular formula is C22H29N6O2+. The van der Waals surface area contributed by atoms with Crippen molar-refractivity contribution in [1.29, 1.82) is 0 Å². The van der Waals surface area contributed by atoms with Crippen LogP contribution in [0.5, 0.6) is 0 Å². The monoisotopic (exact) mass is 409 g/mol. The van der Waals surface area contributed by atoms with E-state index in [0.29, 0.717) is 19.3 Å². The van der Waals surface area contributed by atoms with Gasteiger partial charge >= 0.3 is 0 Å². The van der Waals surface area contributed by atoms with Crippen LogP contribution < -0.4 is 10.5 Å². The molecule has 2 fully saturated rings. The quantitative estimate of drug-likeness (QED) is 0.677. The van der Waals surface area contributed by atoms with Crippen LogP contribution >= 0.6 is 0 Å². The zero-order valence-electron chi connectivity index (χ0n) is 17.6. The standard InChI is InChI=1S/C22H28N6O2/c1-14-7-8-16-13-18(22(29)23-19(16)15(14)2)20(27-9-11-30-12-10-27)21-24-25-26-28(21)17-5-3-4-6-17/h7-8,13,17,20H,3-6,9-12H2,1-2H3,(H,23,29)/p+1/t20-/m0/s1. The van der Waals surface area contributed by atoms with E-state index in [1.54, 1.807) is 0 Å². The number of fused-ring (bicyclic) bond motifs is 1. The summed E-state index contributed by atoms with van der Waals surface area (Å²) in [6, 6.07) is 6.35. The van der Waals surface area contributed by atoms with Gasteiger partial charge in [0.15, 0.2) is 6.04 Å². The molecule has 5 rings (SSSR count). The van der Waals surface area contributed by atoms with Crippen molar-refractivity contribution < 1.29 is 9.64 Å². The molecular weight excluding hydrogens is 380 g/mol. The number of nitrogens with one attached hydrogen (secondary N) is 2. The van der Waals surface area contributed by atoms with Crippen LogP contribution in [0.15, 0.2) is 23.0 Å². The Morgan fingerprint density at radius 3 is 2.73 bits per heavy atom. The molecule has 2 N–H and O–H groups in total. The number of benzene rings is 1. The predicted molar refractivity (Wildman–Crippen MR) is 113 cm³/mol. The van der Waals surface area contributed by atoms with E-state index in [1.165, 1.54) is 23.3 Å². The van der Waals surface area contributed by atoms with Crippen molar-refractivity contribution in [2.24, 2.45) is 0 Å². The molecule has 2 aromatic heterocycles. The number of rotatable bonds is 4. The van der Waals surface area contributed by atoms with Crippen molar-refractivity contribution in [2.45, 2.75) is 51.6 Å². The predicted octanol–water partition coefficient (Wildman–Crippen LogP) is 1.25. The lowest BCUT2D eigenvalue weighted by Gasteiger charge is -2.31. The third-order valence-corrected chi connectivity index (χ3v) is 6.88. The van der Waals surface area contributed by atoms with Crippen LogP contribution in [0.4, 0.5) is 0 Å². The van der Waals surface area contributed by atoms with Gasteiger partial charge in [-0.2, -0.15) is 0 Å². The molecule has 1 aliphatic carbocycles. The molecule has 3 heterocycles. The zero-order chi connectivity index (χ0) is 20.7. The molecule has 0 amide bonds. The number of hydrogen-bond donors (Lipinski definition) is 2. The molecule has 1 aromatic carbocycles. The van der Waals surface area contributed by atoms with Crippen molar-refractivity contribution in [3.8, 4) is 0 Å². The third kappa shape index (κ3) is 3.33. The van der Waals surface area contributed by atoms with Crippen LogP contribution in [-0.4, -0.2) is 51.5 Å². The van der Waals surface area contributed by atoms with Gasteiger partial charge in [-0.25, -0.2) is 4.68 Å². The number of aromatic nitrogens is 5. The maximum absolute atomic E-state index is 13.3. The van der Waals surface area contributed by atoms with Crippen molar-refractivity contribution in [2.75, 3.05) is 26.3 Å². The van der Waals surface area contributed by atoms with E-state index in [-0.39, 0.29) is 11.6 Å². The number of aryl methyl sites for hydroxylation is 2. The minimum absolute atomic E-state index is 0.0545. The normalized spacial score (nSPS) is 19.5. The summed E-state index contributed by atoms with van der Waals surface area (Å²) in [6.45, 7) is 7.14. The first kappa shape index (κ1) is 19.4. The SMILES string of the molecule is Cc1ccc2cc([C@@H](c3nnnn3C3CCCC3)[NH+]3CCOCC3)c(=O)[nH]c2c1C. The maximum Gasteiger partial charge on any atom is 0.258 e. The van der Waals surface area contributed by atoms with Crippen molar-refractivity contribution in [3.05, 3.63) is 51.1 Å². The second-order valence-corrected chi connectivity index (χ2v) is 8.65. The third-order valence-electron chi connectivity index (χ3n) is 6.88. The average molecular weight is 410 g/mol. The molecule has 1 atom stereocenters. The molecule has 8 nitrogen and oxygen atoms in total. The zero-order valence-corrected chi connectivity index (χ0v) is 17.6. The second-order valence-electron chi connectivity index (χ2n) is 8.65. The summed E-state index contributed by atoms with van der Waals surface area (Å²) in [5.41, 5.74) is 3.88. The van der Waals surface area contributed by atoms with E-state index in [2.05, 4.69) is 46.5 Å². The lowest BCUT2D eigenvalue weighted by molar-refractivity contribution is -0.933. The number of pyridine rings is 1. The first-order valence-electron chi connectivity index (χ1n) is 11.0. The Kier molecular flexibility index (Phi) is 5.12. The number of aromatic amines is 1. The van der Waals surface area contributed by atoms with Gasteiger partial charge in [0.1, 0.15) is 13.1 Å². The molecule has 3 aromatic rings. The molecule has 30 heavy (non-hydrogen) atoms. The molecule has 8 heteroatoms. The Balaban J connectivity index is 1.66. The van der Waals surface area contributed by atoms with Crippen molar-refractivity contribution in [3.63, 3.8) is 0 Å². The fourth-order valence-electron chi connectivity index (χ4n) is 5.02. The van der Waals surface area contributed by atoms with E-state index >= 15 is 0 Å². The Labute approximate surface area is 175 Å². The van der Waals surface area contributed by atoms with Gasteiger partial charge in [0.25, 0.3) is 5.56 Å². The number of H-pyrrole nitrogens is 1. The molecule has 2 aliphatic rings. The highest BCUT2D eigenvalue weighted by atomic mass is 16.5. The van der Waals surface area contributed by atoms with Gasteiger partial charge in [-0.05, 0) is 59.7 Å². The Hall–Kier alpha value is -2.58. The van der Waals surface area contributed by atoms with E-state index < -0.39 is 0 Å². The van der Waals surface area contributed by atoms with Crippen LogP contribution in [0.25, 0.3) is 10.9 Å². The highest BCUT2D eigenvalue weighted by molar-refractivity contribution is 5.83. The summed E-state index contributed by atoms with van der Waals surface area (Å²) in [6.07, 6.45) is 4.59. The van der Waals surface area contributed by atoms with Crippen LogP contribution in [0.1, 0.15) is 60.3 Å². The van der Waals surface area contributed by atoms with E-state index in [1.807, 2.05) is 10.7 Å². The number of ether oxygens (including phenoxy) is 1. The number of nitrogens with zero attached hydrogens (tertiary/aromatic N) is 4. The van der Waals surface area contributed by atoms with Gasteiger partial charge < -0.3 is 14.6 Å². The summed E-state index contributed by atoms with van der Waals surface area (Å²) in [5, 5.41) is 13.9. The fraction of sp³-hybridized carbons (Fsp3) is 0.545. The summed E-state index contributed by atoms with van der Waals surface area (Å²) in [4.78, 5) is 17.8. The number of tetrazole rings is 1. The average Bonchev–Trinajstić information content (AvgIpc) is 3.45. The van der Waals surface area contributed by atoms with Crippen LogP contribution in [-0.2, 0) is 4.74 Å². The Morgan fingerprint density at radius 2 is 1.97 bits per heavy atom. The molecule has 0 radical (unpaired) electrons. The Bertz CT molecular complexity index is 1110. The Morgan fingerprint density at radius 1 is 1.20 bits per heavy atom. The van der Waals surface area contributed by atoms with Gasteiger partial charge in [0.2, 0.25) is 5.82 Å². The highest BCUT2D eigenvalue weighted by Crippen LogP contribution is 2.31. The van der Waals surface area contributed by atoms with Gasteiger partial charge in [0, 0.05) is 0 Å². The van der Waals surface area contributed by atoms with Crippen LogP contribution in [0.3, 0.4) is 0 Å².